The summed E-state index contributed by atoms with van der Waals surface area (Å²) in [5.74, 6) is -0.373. The third kappa shape index (κ3) is 3.01. The van der Waals surface area contributed by atoms with Crippen LogP contribution in [0.4, 0.5) is 18.9 Å². The molecule has 0 aliphatic carbocycles. The summed E-state index contributed by atoms with van der Waals surface area (Å²) in [5, 5.41) is 8.13. The molecule has 1 aromatic carbocycles. The van der Waals surface area contributed by atoms with Crippen LogP contribution in [0, 0.1) is 0 Å². The van der Waals surface area contributed by atoms with Crippen molar-refractivity contribution < 1.29 is 18.4 Å². The zero-order valence-corrected chi connectivity index (χ0v) is 8.47. The molecule has 88 valence electrons. The first-order valence-corrected chi connectivity index (χ1v) is 4.33. The minimum absolute atomic E-state index is 0.0220. The van der Waals surface area contributed by atoms with E-state index in [1.165, 1.54) is 5.48 Å². The van der Waals surface area contributed by atoms with E-state index in [0.29, 0.717) is 0 Å². The van der Waals surface area contributed by atoms with Crippen molar-refractivity contribution in [3.63, 3.8) is 0 Å². The van der Waals surface area contributed by atoms with E-state index in [-0.39, 0.29) is 16.7 Å². The molecule has 0 unspecified atom stereocenters. The maximum Gasteiger partial charge on any atom is 0.416 e. The molecule has 0 heterocycles. The van der Waals surface area contributed by atoms with Gasteiger partial charge < -0.3 is 5.73 Å². The van der Waals surface area contributed by atoms with Gasteiger partial charge in [-0.15, -0.1) is 0 Å². The number of guanidine groups is 1. The number of hydrogen-bond donors (Lipinski definition) is 3. The number of nitrogens with two attached hydrogens (primary N) is 1. The molecule has 4 N–H and O–H groups in total. The number of alkyl halides is 3. The third-order valence-electron chi connectivity index (χ3n) is 1.63. The summed E-state index contributed by atoms with van der Waals surface area (Å²) < 4.78 is 36.8. The van der Waals surface area contributed by atoms with Crippen LogP contribution in [0.5, 0.6) is 0 Å². The Morgan fingerprint density at radius 2 is 2.06 bits per heavy atom. The largest absolute Gasteiger partial charge is 0.416 e. The first-order chi connectivity index (χ1) is 7.34. The van der Waals surface area contributed by atoms with Crippen molar-refractivity contribution in [2.24, 2.45) is 10.7 Å². The second-order valence-electron chi connectivity index (χ2n) is 2.77. The molecule has 0 spiro atoms. The van der Waals surface area contributed by atoms with Crippen LogP contribution < -0.4 is 11.2 Å². The van der Waals surface area contributed by atoms with E-state index < -0.39 is 11.7 Å². The minimum atomic E-state index is -4.47. The van der Waals surface area contributed by atoms with Gasteiger partial charge >= 0.3 is 6.18 Å². The monoisotopic (exact) mass is 253 g/mol. The summed E-state index contributed by atoms with van der Waals surface area (Å²) in [4.78, 5) is 3.53. The van der Waals surface area contributed by atoms with Crippen LogP contribution in [0.1, 0.15) is 5.56 Å². The summed E-state index contributed by atoms with van der Waals surface area (Å²) in [6.45, 7) is 0. The molecule has 0 saturated carbocycles. The number of benzene rings is 1. The molecule has 0 fully saturated rings. The Morgan fingerprint density at radius 1 is 1.44 bits per heavy atom. The molecule has 0 atom stereocenters. The molecule has 4 nitrogen and oxygen atoms in total. The summed E-state index contributed by atoms with van der Waals surface area (Å²) in [7, 11) is 0. The van der Waals surface area contributed by atoms with Gasteiger partial charge in [-0.3, -0.25) is 5.21 Å². The third-order valence-corrected chi connectivity index (χ3v) is 1.93. The Hall–Kier alpha value is -1.47. The molecule has 1 aromatic rings. The number of aliphatic imine (C=N–C) groups is 1. The first-order valence-electron chi connectivity index (χ1n) is 3.95. The fourth-order valence-electron chi connectivity index (χ4n) is 0.929. The van der Waals surface area contributed by atoms with E-state index in [2.05, 4.69) is 4.99 Å². The van der Waals surface area contributed by atoms with Crippen LogP contribution in [-0.4, -0.2) is 11.2 Å². The molecule has 0 saturated heterocycles. The van der Waals surface area contributed by atoms with Gasteiger partial charge in [-0.2, -0.15) is 13.2 Å². The number of nitrogens with zero attached hydrogens (tertiary/aromatic N) is 1. The number of rotatable bonds is 1. The van der Waals surface area contributed by atoms with E-state index in [4.69, 9.17) is 22.5 Å². The van der Waals surface area contributed by atoms with Gasteiger partial charge in [0.05, 0.1) is 16.3 Å². The highest BCUT2D eigenvalue weighted by Gasteiger charge is 2.30. The topological polar surface area (TPSA) is 70.6 Å². The fourth-order valence-corrected chi connectivity index (χ4v) is 1.15. The van der Waals surface area contributed by atoms with Crippen molar-refractivity contribution in [2.45, 2.75) is 6.18 Å². The second kappa shape index (κ2) is 4.58. The van der Waals surface area contributed by atoms with Gasteiger partial charge in [0, 0.05) is 0 Å². The molecule has 0 aromatic heterocycles. The Morgan fingerprint density at radius 3 is 2.50 bits per heavy atom. The van der Waals surface area contributed by atoms with E-state index in [1.807, 2.05) is 0 Å². The number of nitrogens with one attached hydrogen (secondary N) is 1. The number of halogens is 4. The van der Waals surface area contributed by atoms with Gasteiger partial charge in [0.2, 0.25) is 5.96 Å². The van der Waals surface area contributed by atoms with E-state index >= 15 is 0 Å². The van der Waals surface area contributed by atoms with Crippen molar-refractivity contribution in [3.05, 3.63) is 28.8 Å². The molecule has 0 bridgehead atoms. The molecular weight excluding hydrogens is 247 g/mol. The highest BCUT2D eigenvalue weighted by atomic mass is 35.5. The highest BCUT2D eigenvalue weighted by Crippen LogP contribution is 2.34. The SMILES string of the molecule is NC(=Nc1ccc(C(F)(F)F)cc1Cl)NO. The lowest BCUT2D eigenvalue weighted by atomic mass is 10.2. The summed E-state index contributed by atoms with van der Waals surface area (Å²) >= 11 is 5.56. The Kier molecular flexibility index (Phi) is 3.61. The smallest absolute Gasteiger partial charge is 0.368 e. The summed E-state index contributed by atoms with van der Waals surface area (Å²) in [5.41, 5.74) is 5.78. The lowest BCUT2D eigenvalue weighted by Gasteiger charge is -2.07. The van der Waals surface area contributed by atoms with Crippen molar-refractivity contribution in [2.75, 3.05) is 0 Å². The van der Waals surface area contributed by atoms with Crippen LogP contribution >= 0.6 is 11.6 Å². The average molecular weight is 254 g/mol. The van der Waals surface area contributed by atoms with Gasteiger partial charge in [0.15, 0.2) is 0 Å². The van der Waals surface area contributed by atoms with Crippen LogP contribution in [0.3, 0.4) is 0 Å². The first kappa shape index (κ1) is 12.6. The van der Waals surface area contributed by atoms with Crippen LogP contribution in [0.2, 0.25) is 5.02 Å². The maximum atomic E-state index is 12.3. The predicted octanol–water partition coefficient (Wildman–Crippen LogP) is 2.28. The fraction of sp³-hybridized carbons (Fsp3) is 0.125. The van der Waals surface area contributed by atoms with Crippen LogP contribution in [-0.2, 0) is 6.18 Å². The van der Waals surface area contributed by atoms with Gasteiger partial charge in [-0.05, 0) is 18.2 Å². The number of hydrogen-bond acceptors (Lipinski definition) is 2. The van der Waals surface area contributed by atoms with Crippen molar-refractivity contribution in [1.29, 1.82) is 0 Å². The summed E-state index contributed by atoms with van der Waals surface area (Å²) in [6.07, 6.45) is -4.47. The van der Waals surface area contributed by atoms with Gasteiger partial charge in [0.1, 0.15) is 0 Å². The van der Waals surface area contributed by atoms with E-state index in [9.17, 15) is 13.2 Å². The maximum absolute atomic E-state index is 12.3. The van der Waals surface area contributed by atoms with Crippen LogP contribution in [0.15, 0.2) is 23.2 Å². The van der Waals surface area contributed by atoms with E-state index in [1.54, 1.807) is 0 Å². The predicted molar refractivity (Wildman–Crippen MR) is 52.7 cm³/mol. The highest BCUT2D eigenvalue weighted by molar-refractivity contribution is 6.33. The molecule has 0 radical (unpaired) electrons. The standard InChI is InChI=1S/C8H7ClF3N3O/c9-5-3-4(8(10,11)12)1-2-6(5)14-7(13)15-16/h1-3,16H,(H3,13,14,15). The molecule has 0 aliphatic rings. The van der Waals surface area contributed by atoms with Crippen LogP contribution in [0.25, 0.3) is 0 Å². The second-order valence-corrected chi connectivity index (χ2v) is 3.18. The number of hydroxylamine groups is 1. The van der Waals surface area contributed by atoms with E-state index in [0.717, 1.165) is 18.2 Å². The quantitative estimate of drug-likeness (QED) is 0.408. The average Bonchev–Trinajstić information content (AvgIpc) is 2.19. The Labute approximate surface area is 93.5 Å². The van der Waals surface area contributed by atoms with Gasteiger partial charge in [0.25, 0.3) is 0 Å². The lowest BCUT2D eigenvalue weighted by Crippen LogP contribution is -2.27. The lowest BCUT2D eigenvalue weighted by molar-refractivity contribution is -0.137. The molecule has 1 rings (SSSR count). The zero-order chi connectivity index (χ0) is 12.3. The van der Waals surface area contributed by atoms with Gasteiger partial charge in [-0.25, -0.2) is 10.5 Å². The zero-order valence-electron chi connectivity index (χ0n) is 7.72. The molecular formula is C8H7ClF3N3O. The Bertz CT molecular complexity index is 419. The van der Waals surface area contributed by atoms with Gasteiger partial charge in [-0.1, -0.05) is 11.6 Å². The van der Waals surface area contributed by atoms with Crippen molar-refractivity contribution in [3.8, 4) is 0 Å². The van der Waals surface area contributed by atoms with Crippen molar-refractivity contribution >= 4 is 23.2 Å². The minimum Gasteiger partial charge on any atom is -0.368 e. The normalized spacial score (nSPS) is 12.7. The molecule has 8 heteroatoms. The molecule has 0 amide bonds. The van der Waals surface area contributed by atoms with Crippen molar-refractivity contribution in [1.82, 2.24) is 5.48 Å². The summed E-state index contributed by atoms with van der Waals surface area (Å²) in [6, 6.07) is 2.59. The Balaban J connectivity index is 3.10. The molecule has 0 aliphatic heterocycles. The molecule has 16 heavy (non-hydrogen) atoms.